The van der Waals surface area contributed by atoms with Crippen LogP contribution in [0.25, 0.3) is 0 Å². The summed E-state index contributed by atoms with van der Waals surface area (Å²) in [5.74, 6) is 0.973. The highest BCUT2D eigenvalue weighted by Gasteiger charge is 2.30. The van der Waals surface area contributed by atoms with Crippen LogP contribution in [0.3, 0.4) is 0 Å². The quantitative estimate of drug-likeness (QED) is 0.811. The topological polar surface area (TPSA) is 33.0 Å². The summed E-state index contributed by atoms with van der Waals surface area (Å²) in [6.07, 6.45) is 0.837. The lowest BCUT2D eigenvalue weighted by Gasteiger charge is -2.22. The van der Waals surface area contributed by atoms with Crippen molar-refractivity contribution in [3.8, 4) is 11.8 Å². The largest absolute Gasteiger partial charge is 0.489 e. The lowest BCUT2D eigenvalue weighted by Crippen LogP contribution is -2.13. The van der Waals surface area contributed by atoms with Gasteiger partial charge in [0, 0.05) is 11.5 Å². The average Bonchev–Trinajstić information content (AvgIpc) is 2.67. The Morgan fingerprint density at radius 3 is 2.60 bits per heavy atom. The summed E-state index contributed by atoms with van der Waals surface area (Å²) < 4.78 is 5.93. The molecule has 0 aromatic heterocycles. The van der Waals surface area contributed by atoms with Crippen molar-refractivity contribution in [3.63, 3.8) is 0 Å². The smallest absolute Gasteiger partial charge is 0.123 e. The first-order chi connectivity index (χ1) is 9.85. The molecule has 1 aliphatic heterocycles. The third-order valence-electron chi connectivity index (χ3n) is 4.04. The van der Waals surface area contributed by atoms with Crippen LogP contribution in [0.1, 0.15) is 36.0 Å². The number of nitriles is 1. The number of benzene rings is 2. The van der Waals surface area contributed by atoms with Crippen molar-refractivity contribution in [1.29, 1.82) is 5.26 Å². The van der Waals surface area contributed by atoms with Crippen LogP contribution < -0.4 is 4.74 Å². The summed E-state index contributed by atoms with van der Waals surface area (Å²) in [5.41, 5.74) is 3.54. The van der Waals surface area contributed by atoms with E-state index < -0.39 is 0 Å². The lowest BCUT2D eigenvalue weighted by molar-refractivity contribution is 0.306. The van der Waals surface area contributed by atoms with Gasteiger partial charge in [-0.1, -0.05) is 49.4 Å². The zero-order valence-electron chi connectivity index (χ0n) is 11.5. The molecule has 0 N–H and O–H groups in total. The van der Waals surface area contributed by atoms with E-state index in [1.807, 2.05) is 30.3 Å². The maximum atomic E-state index is 9.53. The summed E-state index contributed by atoms with van der Waals surface area (Å²) in [6.45, 7) is 2.65. The molecule has 0 saturated heterocycles. The standard InChI is InChI=1S/C18H17NO/c1-2-13(11-19)18-15-8-4-3-7-14(15)12-20-17-10-6-5-9-16(17)18/h3-10,13,18H,2,12H2,1H3. The normalized spacial score (nSPS) is 17.9. The van der Waals surface area contributed by atoms with Crippen molar-refractivity contribution in [1.82, 2.24) is 0 Å². The molecule has 0 radical (unpaired) electrons. The first-order valence-electron chi connectivity index (χ1n) is 7.04. The molecule has 2 unspecified atom stereocenters. The summed E-state index contributed by atoms with van der Waals surface area (Å²) in [6, 6.07) is 18.9. The van der Waals surface area contributed by atoms with Crippen LogP contribution in [0, 0.1) is 17.2 Å². The molecular weight excluding hydrogens is 246 g/mol. The van der Waals surface area contributed by atoms with Crippen LogP contribution >= 0.6 is 0 Å². The monoisotopic (exact) mass is 263 g/mol. The van der Waals surface area contributed by atoms with Crippen molar-refractivity contribution in [2.24, 2.45) is 5.92 Å². The highest BCUT2D eigenvalue weighted by Crippen LogP contribution is 2.42. The van der Waals surface area contributed by atoms with E-state index in [0.29, 0.717) is 6.61 Å². The Hall–Kier alpha value is -2.27. The number of para-hydroxylation sites is 1. The Morgan fingerprint density at radius 1 is 1.15 bits per heavy atom. The minimum absolute atomic E-state index is 0.0287. The predicted octanol–water partition coefficient (Wildman–Crippen LogP) is 4.26. The molecule has 0 fully saturated rings. The summed E-state index contributed by atoms with van der Waals surface area (Å²) in [7, 11) is 0. The Morgan fingerprint density at radius 2 is 1.85 bits per heavy atom. The van der Waals surface area contributed by atoms with Crippen LogP contribution in [0.4, 0.5) is 0 Å². The second-order valence-corrected chi connectivity index (χ2v) is 5.15. The van der Waals surface area contributed by atoms with Crippen molar-refractivity contribution < 1.29 is 4.74 Å². The number of fused-ring (bicyclic) bond motifs is 2. The Kier molecular flexibility index (Phi) is 3.43. The molecule has 100 valence electrons. The van der Waals surface area contributed by atoms with Crippen LogP contribution in [0.15, 0.2) is 48.5 Å². The number of hydrogen-bond donors (Lipinski definition) is 0. The fourth-order valence-corrected chi connectivity index (χ4v) is 3.00. The van der Waals surface area contributed by atoms with E-state index in [1.165, 1.54) is 11.1 Å². The predicted molar refractivity (Wildman–Crippen MR) is 78.5 cm³/mol. The highest BCUT2D eigenvalue weighted by atomic mass is 16.5. The number of nitrogens with zero attached hydrogens (tertiary/aromatic N) is 1. The minimum atomic E-state index is -0.0287. The fraction of sp³-hybridized carbons (Fsp3) is 0.278. The van der Waals surface area contributed by atoms with Gasteiger partial charge in [-0.3, -0.25) is 0 Å². The van der Waals surface area contributed by atoms with Crippen LogP contribution in [0.2, 0.25) is 0 Å². The molecule has 20 heavy (non-hydrogen) atoms. The second-order valence-electron chi connectivity index (χ2n) is 5.15. The minimum Gasteiger partial charge on any atom is -0.489 e. The molecule has 2 heteroatoms. The molecule has 2 aromatic carbocycles. The Labute approximate surface area is 119 Å². The van der Waals surface area contributed by atoms with Crippen LogP contribution in [0.5, 0.6) is 5.75 Å². The van der Waals surface area contributed by atoms with E-state index in [2.05, 4.69) is 31.2 Å². The Bertz CT molecular complexity index is 609. The zero-order valence-corrected chi connectivity index (χ0v) is 11.5. The van der Waals surface area contributed by atoms with Gasteiger partial charge in [0.05, 0.1) is 12.0 Å². The SMILES string of the molecule is CCC(C#N)C1c2ccccc2COc2ccccc21. The molecule has 1 heterocycles. The fourth-order valence-electron chi connectivity index (χ4n) is 3.00. The van der Waals surface area contributed by atoms with Crippen molar-refractivity contribution in [3.05, 3.63) is 65.2 Å². The molecule has 0 amide bonds. The molecule has 3 rings (SSSR count). The average molecular weight is 263 g/mol. The van der Waals surface area contributed by atoms with E-state index >= 15 is 0 Å². The van der Waals surface area contributed by atoms with Gasteiger partial charge < -0.3 is 4.74 Å². The van der Waals surface area contributed by atoms with E-state index in [4.69, 9.17) is 4.74 Å². The van der Waals surface area contributed by atoms with Crippen molar-refractivity contribution >= 4 is 0 Å². The zero-order chi connectivity index (χ0) is 13.9. The van der Waals surface area contributed by atoms with Gasteiger partial charge in [-0.15, -0.1) is 0 Å². The summed E-state index contributed by atoms with van der Waals surface area (Å²) >= 11 is 0. The molecule has 0 aliphatic carbocycles. The Balaban J connectivity index is 2.22. The van der Waals surface area contributed by atoms with Gasteiger partial charge in [0.1, 0.15) is 12.4 Å². The van der Waals surface area contributed by atoms with Crippen LogP contribution in [-0.4, -0.2) is 0 Å². The van der Waals surface area contributed by atoms with E-state index in [9.17, 15) is 5.26 Å². The third kappa shape index (κ3) is 2.06. The molecule has 0 spiro atoms. The maximum absolute atomic E-state index is 9.53. The van der Waals surface area contributed by atoms with Crippen molar-refractivity contribution in [2.45, 2.75) is 25.9 Å². The lowest BCUT2D eigenvalue weighted by atomic mass is 9.78. The molecule has 2 nitrogen and oxygen atoms in total. The van der Waals surface area contributed by atoms with Crippen LogP contribution in [-0.2, 0) is 6.61 Å². The molecule has 0 saturated carbocycles. The third-order valence-corrected chi connectivity index (χ3v) is 4.04. The van der Waals surface area contributed by atoms with Crippen molar-refractivity contribution in [2.75, 3.05) is 0 Å². The van der Waals surface area contributed by atoms with Gasteiger partial charge in [0.25, 0.3) is 0 Å². The van der Waals surface area contributed by atoms with E-state index in [-0.39, 0.29) is 11.8 Å². The van der Waals surface area contributed by atoms with Gasteiger partial charge >= 0.3 is 0 Å². The number of rotatable bonds is 2. The molecule has 0 bridgehead atoms. The van der Waals surface area contributed by atoms with Gasteiger partial charge in [0.15, 0.2) is 0 Å². The summed E-state index contributed by atoms with van der Waals surface area (Å²) in [4.78, 5) is 0. The number of hydrogen-bond acceptors (Lipinski definition) is 2. The van der Waals surface area contributed by atoms with Gasteiger partial charge in [-0.25, -0.2) is 0 Å². The molecule has 2 aromatic rings. The van der Waals surface area contributed by atoms with E-state index in [1.54, 1.807) is 0 Å². The molecular formula is C18H17NO. The molecule has 2 atom stereocenters. The van der Waals surface area contributed by atoms with Gasteiger partial charge in [-0.05, 0) is 23.6 Å². The molecule has 1 aliphatic rings. The first kappa shape index (κ1) is 12.7. The first-order valence-corrected chi connectivity index (χ1v) is 7.04. The van der Waals surface area contributed by atoms with E-state index in [0.717, 1.165) is 17.7 Å². The number of ether oxygens (including phenoxy) is 1. The van der Waals surface area contributed by atoms with Gasteiger partial charge in [0.2, 0.25) is 0 Å². The maximum Gasteiger partial charge on any atom is 0.123 e. The highest BCUT2D eigenvalue weighted by molar-refractivity contribution is 5.48. The van der Waals surface area contributed by atoms with Gasteiger partial charge in [-0.2, -0.15) is 5.26 Å². The summed E-state index contributed by atoms with van der Waals surface area (Å²) in [5, 5.41) is 9.53. The second kappa shape index (κ2) is 5.38.